The molecule has 160 valence electrons. The zero-order chi connectivity index (χ0) is 21.5. The lowest BCUT2D eigenvalue weighted by Gasteiger charge is -2.29. The first-order chi connectivity index (χ1) is 14.3. The van der Waals surface area contributed by atoms with Crippen LogP contribution in [0, 0.1) is 3.57 Å². The zero-order valence-electron chi connectivity index (χ0n) is 16.0. The summed E-state index contributed by atoms with van der Waals surface area (Å²) in [5.41, 5.74) is 0.936. The van der Waals surface area contributed by atoms with Crippen molar-refractivity contribution >= 4 is 38.6 Å². The molecule has 10 heteroatoms. The minimum absolute atomic E-state index is 0.0232. The Morgan fingerprint density at radius 1 is 1.23 bits per heavy atom. The van der Waals surface area contributed by atoms with E-state index in [0.29, 0.717) is 5.75 Å². The molecule has 30 heavy (non-hydrogen) atoms. The number of sulfonamides is 1. The molecular formula is C20H20INO7S. The van der Waals surface area contributed by atoms with Crippen LogP contribution in [0.3, 0.4) is 0 Å². The second kappa shape index (κ2) is 7.98. The predicted octanol–water partition coefficient (Wildman–Crippen LogP) is 3.06. The number of benzene rings is 2. The Balaban J connectivity index is 1.68. The van der Waals surface area contributed by atoms with Gasteiger partial charge in [0.2, 0.25) is 10.0 Å². The van der Waals surface area contributed by atoms with E-state index in [-0.39, 0.29) is 22.7 Å². The molecule has 1 heterocycles. The Morgan fingerprint density at radius 3 is 2.63 bits per heavy atom. The molecule has 3 unspecified atom stereocenters. The van der Waals surface area contributed by atoms with Crippen LogP contribution < -0.4 is 14.2 Å². The third kappa shape index (κ3) is 3.77. The average Bonchev–Trinajstić information content (AvgIpc) is 3.29. The number of ether oxygens (including phenoxy) is 3. The first kappa shape index (κ1) is 21.3. The fourth-order valence-electron chi connectivity index (χ4n) is 3.89. The Hall–Kier alpha value is -1.89. The van der Waals surface area contributed by atoms with E-state index >= 15 is 0 Å². The van der Waals surface area contributed by atoms with Gasteiger partial charge in [0.05, 0.1) is 4.90 Å². The Morgan fingerprint density at radius 2 is 1.97 bits per heavy atom. The molecule has 8 nitrogen and oxygen atoms in total. The lowest BCUT2D eigenvalue weighted by molar-refractivity contribution is -0.207. The van der Waals surface area contributed by atoms with E-state index in [9.17, 15) is 18.3 Å². The highest BCUT2D eigenvalue weighted by atomic mass is 127. The summed E-state index contributed by atoms with van der Waals surface area (Å²) < 4.78 is 45.3. The fourth-order valence-corrected chi connectivity index (χ4v) is 5.43. The number of nitrogens with one attached hydrogen (secondary N) is 1. The van der Waals surface area contributed by atoms with Gasteiger partial charge < -0.3 is 19.3 Å². The molecule has 0 bridgehead atoms. The first-order valence-corrected chi connectivity index (χ1v) is 11.9. The number of hydrogen-bond acceptors (Lipinski definition) is 6. The van der Waals surface area contributed by atoms with Crippen LogP contribution in [-0.4, -0.2) is 38.6 Å². The molecular weight excluding hydrogens is 525 g/mol. The quantitative estimate of drug-likeness (QED) is 0.407. The molecule has 0 radical (unpaired) electrons. The van der Waals surface area contributed by atoms with Crippen LogP contribution in [0.5, 0.6) is 11.5 Å². The van der Waals surface area contributed by atoms with Gasteiger partial charge in [0.25, 0.3) is 0 Å². The Bertz CT molecular complexity index is 1070. The maximum absolute atomic E-state index is 12.8. The van der Waals surface area contributed by atoms with Crippen LogP contribution in [0.15, 0.2) is 47.4 Å². The minimum Gasteiger partial charge on any atom is -0.486 e. The molecule has 2 aromatic carbocycles. The number of carboxylic acids is 1. The van der Waals surface area contributed by atoms with Crippen molar-refractivity contribution in [2.45, 2.75) is 42.1 Å². The van der Waals surface area contributed by atoms with E-state index in [4.69, 9.17) is 14.2 Å². The van der Waals surface area contributed by atoms with Gasteiger partial charge >= 0.3 is 11.9 Å². The number of rotatable bonds is 7. The van der Waals surface area contributed by atoms with Crippen molar-refractivity contribution in [3.63, 3.8) is 0 Å². The van der Waals surface area contributed by atoms with Gasteiger partial charge in [-0.1, -0.05) is 12.1 Å². The van der Waals surface area contributed by atoms with Crippen molar-refractivity contribution < 1.29 is 32.5 Å². The van der Waals surface area contributed by atoms with Crippen LogP contribution in [0.2, 0.25) is 0 Å². The van der Waals surface area contributed by atoms with Crippen LogP contribution in [0.25, 0.3) is 0 Å². The van der Waals surface area contributed by atoms with E-state index in [1.165, 1.54) is 18.2 Å². The predicted molar refractivity (Wildman–Crippen MR) is 115 cm³/mol. The van der Waals surface area contributed by atoms with E-state index < -0.39 is 21.9 Å². The molecule has 0 saturated heterocycles. The zero-order valence-corrected chi connectivity index (χ0v) is 19.0. The normalized spacial score (nSPS) is 21.9. The third-order valence-corrected chi connectivity index (χ3v) is 7.50. The van der Waals surface area contributed by atoms with Crippen LogP contribution in [0.1, 0.15) is 30.7 Å². The largest absolute Gasteiger partial charge is 0.486 e. The van der Waals surface area contributed by atoms with Gasteiger partial charge in [-0.05, 0) is 72.2 Å². The molecule has 0 amide bonds. The van der Waals surface area contributed by atoms with Gasteiger partial charge in [-0.25, -0.2) is 13.2 Å². The summed E-state index contributed by atoms with van der Waals surface area (Å²) in [5.74, 6) is -3.54. The lowest BCUT2D eigenvalue weighted by atomic mass is 9.97. The summed E-state index contributed by atoms with van der Waals surface area (Å²) in [7, 11) is -3.21. The van der Waals surface area contributed by atoms with Crippen molar-refractivity contribution in [2.75, 3.05) is 7.11 Å². The van der Waals surface area contributed by atoms with Gasteiger partial charge in [0.1, 0.15) is 6.10 Å². The molecule has 1 aliphatic heterocycles. The highest BCUT2D eigenvalue weighted by molar-refractivity contribution is 14.1. The van der Waals surface area contributed by atoms with E-state index in [1.54, 1.807) is 18.2 Å². The molecule has 3 atom stereocenters. The summed E-state index contributed by atoms with van der Waals surface area (Å²) in [6.45, 7) is 0. The summed E-state index contributed by atoms with van der Waals surface area (Å²) >= 11 is 2.04. The second-order valence-corrected chi connectivity index (χ2v) is 10.1. The molecule has 1 fully saturated rings. The van der Waals surface area contributed by atoms with Gasteiger partial charge in [-0.15, -0.1) is 4.72 Å². The van der Waals surface area contributed by atoms with Gasteiger partial charge in [0, 0.05) is 22.2 Å². The molecule has 0 aromatic heterocycles. The maximum Gasteiger partial charge on any atom is 0.396 e. The molecule has 1 saturated carbocycles. The number of carboxylic acid groups (broad SMARTS) is 1. The average molecular weight is 545 g/mol. The number of methoxy groups -OCH3 is 1. The summed E-state index contributed by atoms with van der Waals surface area (Å²) in [4.78, 5) is 12.0. The number of halogens is 1. The van der Waals surface area contributed by atoms with E-state index in [1.807, 2.05) is 28.7 Å². The van der Waals surface area contributed by atoms with Gasteiger partial charge in [-0.2, -0.15) is 0 Å². The second-order valence-electron chi connectivity index (χ2n) is 7.16. The lowest BCUT2D eigenvalue weighted by Crippen LogP contribution is -2.60. The summed E-state index contributed by atoms with van der Waals surface area (Å²) in [5, 5.41) is 9.83. The molecule has 2 aromatic rings. The first-order valence-electron chi connectivity index (χ1n) is 9.32. The van der Waals surface area contributed by atoms with Crippen molar-refractivity contribution in [3.05, 3.63) is 51.6 Å². The minimum atomic E-state index is -4.27. The Labute approximate surface area is 187 Å². The highest BCUT2D eigenvalue weighted by Gasteiger charge is 2.48. The molecule has 1 aliphatic carbocycles. The fraction of sp³-hybridized carbons (Fsp3) is 0.350. The maximum atomic E-state index is 12.8. The summed E-state index contributed by atoms with van der Waals surface area (Å²) in [6.07, 6.45) is 2.98. The number of carbonyl (C=O) groups is 1. The monoisotopic (exact) mass is 545 g/mol. The van der Waals surface area contributed by atoms with E-state index in [2.05, 4.69) is 4.72 Å². The standard InChI is InChI=1S/C20H20INO7S/c1-27-20(19(23)24,22-30(25,26)13-10-8-12(21)9-11-13)29-17-7-3-5-15-14-4-2-6-16(14)28-18(15)17/h3,5,7-11,14,16,22H,2,4,6H2,1H3,(H,23,24). The van der Waals surface area contributed by atoms with Gasteiger partial charge in [0.15, 0.2) is 11.5 Å². The van der Waals surface area contributed by atoms with Crippen LogP contribution in [0.4, 0.5) is 0 Å². The molecule has 2 aliphatic rings. The van der Waals surface area contributed by atoms with Crippen molar-refractivity contribution in [1.29, 1.82) is 0 Å². The molecule has 2 N–H and O–H groups in total. The SMILES string of the molecule is COC(NS(=O)(=O)c1ccc(I)cc1)(Oc1cccc2c1OC1CCCC21)C(=O)O. The Kier molecular flexibility index (Phi) is 5.68. The number of aliphatic carboxylic acids is 1. The van der Waals surface area contributed by atoms with Crippen molar-refractivity contribution in [3.8, 4) is 11.5 Å². The number of para-hydroxylation sites is 1. The van der Waals surface area contributed by atoms with Gasteiger partial charge in [-0.3, -0.25) is 0 Å². The van der Waals surface area contributed by atoms with E-state index in [0.717, 1.165) is 35.5 Å². The van der Waals surface area contributed by atoms with Crippen molar-refractivity contribution in [2.24, 2.45) is 0 Å². The van der Waals surface area contributed by atoms with Crippen LogP contribution >= 0.6 is 22.6 Å². The smallest absolute Gasteiger partial charge is 0.396 e. The van der Waals surface area contributed by atoms with Crippen molar-refractivity contribution in [1.82, 2.24) is 4.72 Å². The third-order valence-electron chi connectivity index (χ3n) is 5.35. The number of fused-ring (bicyclic) bond motifs is 3. The highest BCUT2D eigenvalue weighted by Crippen LogP contribution is 2.51. The van der Waals surface area contributed by atoms with Crippen LogP contribution in [-0.2, 0) is 19.6 Å². The molecule has 4 rings (SSSR count). The topological polar surface area (TPSA) is 111 Å². The summed E-state index contributed by atoms with van der Waals surface area (Å²) in [6, 6.07) is 11.1. The molecule has 0 spiro atoms. The number of hydrogen-bond donors (Lipinski definition) is 2.